The van der Waals surface area contributed by atoms with Crippen molar-refractivity contribution in [2.45, 2.75) is 20.3 Å². The van der Waals surface area contributed by atoms with Crippen LogP contribution in [-0.2, 0) is 4.79 Å². The third-order valence-electron chi connectivity index (χ3n) is 2.04. The Balaban J connectivity index is 2.62. The number of nitrogens with one attached hydrogen (secondary N) is 2. The molecular weight excluding hydrogens is 242 g/mol. The Hall–Kier alpha value is -1.47. The third kappa shape index (κ3) is 3.79. The van der Waals surface area contributed by atoms with E-state index in [1.165, 1.54) is 0 Å². The Morgan fingerprint density at radius 2 is 2.18 bits per heavy atom. The Morgan fingerprint density at radius 3 is 2.76 bits per heavy atom. The molecule has 0 fully saturated rings. The summed E-state index contributed by atoms with van der Waals surface area (Å²) in [4.78, 5) is 22.4. The molecule has 1 amide bonds. The summed E-state index contributed by atoms with van der Waals surface area (Å²) in [6.45, 7) is 4.52. The largest absolute Gasteiger partial charge is 0.478 e. The van der Waals surface area contributed by atoms with Crippen molar-refractivity contribution in [3.63, 3.8) is 0 Å². The van der Waals surface area contributed by atoms with Gasteiger partial charge in [0.15, 0.2) is 0 Å². The molecule has 0 aromatic carbocycles. The van der Waals surface area contributed by atoms with Crippen molar-refractivity contribution in [3.05, 3.63) is 11.3 Å². The molecule has 17 heavy (non-hydrogen) atoms. The summed E-state index contributed by atoms with van der Waals surface area (Å²) in [7, 11) is 0. The van der Waals surface area contributed by atoms with Gasteiger partial charge >= 0.3 is 5.97 Å². The molecular formula is C10H15N3O3S. The first kappa shape index (κ1) is 13.6. The minimum atomic E-state index is -1.08. The fourth-order valence-corrected chi connectivity index (χ4v) is 2.06. The lowest BCUT2D eigenvalue weighted by Gasteiger charge is -2.04. The smallest absolute Gasteiger partial charge is 0.340 e. The van der Waals surface area contributed by atoms with Crippen LogP contribution < -0.4 is 10.6 Å². The Bertz CT molecular complexity index is 417. The van der Waals surface area contributed by atoms with Crippen molar-refractivity contribution >= 4 is 28.4 Å². The van der Waals surface area contributed by atoms with Crippen molar-refractivity contribution in [3.8, 4) is 0 Å². The molecule has 0 bridgehead atoms. The second-order valence-corrected chi connectivity index (χ2v) is 4.28. The molecule has 1 rings (SSSR count). The van der Waals surface area contributed by atoms with Crippen molar-refractivity contribution in [2.24, 2.45) is 0 Å². The molecule has 0 spiro atoms. The number of hydrogen-bond acceptors (Lipinski definition) is 5. The maximum absolute atomic E-state index is 11.5. The molecule has 0 aliphatic carbocycles. The molecule has 3 N–H and O–H groups in total. The molecule has 1 aromatic heterocycles. The predicted octanol–water partition coefficient (Wildman–Crippen LogP) is 1.09. The second-order valence-electron chi connectivity index (χ2n) is 3.50. The number of carbonyl (C=O) groups excluding carboxylic acids is 1. The Labute approximate surface area is 103 Å². The number of anilines is 1. The van der Waals surface area contributed by atoms with E-state index >= 15 is 0 Å². The first-order valence-electron chi connectivity index (χ1n) is 5.26. The van der Waals surface area contributed by atoms with E-state index in [0.29, 0.717) is 10.7 Å². The van der Waals surface area contributed by atoms with Crippen LogP contribution in [-0.4, -0.2) is 34.4 Å². The summed E-state index contributed by atoms with van der Waals surface area (Å²) in [5.41, 5.74) is 0.484. The summed E-state index contributed by atoms with van der Waals surface area (Å²) in [6.07, 6.45) is 0.938. The number of rotatable bonds is 6. The fraction of sp³-hybridized carbons (Fsp3) is 0.500. The topological polar surface area (TPSA) is 91.3 Å². The van der Waals surface area contributed by atoms with Crippen LogP contribution in [0.1, 0.15) is 29.4 Å². The number of aromatic nitrogens is 1. The van der Waals surface area contributed by atoms with E-state index < -0.39 is 5.97 Å². The van der Waals surface area contributed by atoms with E-state index in [0.717, 1.165) is 24.5 Å². The van der Waals surface area contributed by atoms with Crippen molar-refractivity contribution in [1.82, 2.24) is 9.69 Å². The SMILES string of the molecule is CCCNCC(=O)Nc1snc(C)c1C(=O)O. The summed E-state index contributed by atoms with van der Waals surface area (Å²) >= 11 is 0.981. The number of carbonyl (C=O) groups is 2. The number of carboxylic acid groups (broad SMARTS) is 1. The molecule has 94 valence electrons. The van der Waals surface area contributed by atoms with Crippen LogP contribution in [0.3, 0.4) is 0 Å². The highest BCUT2D eigenvalue weighted by atomic mass is 32.1. The number of amides is 1. The molecule has 7 heteroatoms. The molecule has 0 atom stereocenters. The van der Waals surface area contributed by atoms with E-state index in [4.69, 9.17) is 5.11 Å². The van der Waals surface area contributed by atoms with Gasteiger partial charge in [0.05, 0.1) is 12.2 Å². The molecule has 6 nitrogen and oxygen atoms in total. The normalized spacial score (nSPS) is 10.2. The van der Waals surface area contributed by atoms with E-state index in [9.17, 15) is 9.59 Å². The molecule has 1 aromatic rings. The van der Waals surface area contributed by atoms with Crippen LogP contribution in [0.2, 0.25) is 0 Å². The predicted molar refractivity (Wildman–Crippen MR) is 65.6 cm³/mol. The van der Waals surface area contributed by atoms with Crippen LogP contribution >= 0.6 is 11.5 Å². The van der Waals surface area contributed by atoms with E-state index in [1.807, 2.05) is 6.92 Å². The zero-order valence-corrected chi connectivity index (χ0v) is 10.6. The average Bonchev–Trinajstić information content (AvgIpc) is 2.60. The molecule has 0 aliphatic heterocycles. The summed E-state index contributed by atoms with van der Waals surface area (Å²) in [6, 6.07) is 0. The third-order valence-corrected chi connectivity index (χ3v) is 2.90. The maximum Gasteiger partial charge on any atom is 0.340 e. The van der Waals surface area contributed by atoms with Gasteiger partial charge in [-0.2, -0.15) is 4.37 Å². The maximum atomic E-state index is 11.5. The van der Waals surface area contributed by atoms with Gasteiger partial charge in [-0.1, -0.05) is 6.92 Å². The van der Waals surface area contributed by atoms with Gasteiger partial charge in [0, 0.05) is 0 Å². The number of aromatic carboxylic acids is 1. The molecule has 0 saturated carbocycles. The first-order chi connectivity index (χ1) is 8.06. The number of hydrogen-bond donors (Lipinski definition) is 3. The van der Waals surface area contributed by atoms with Gasteiger partial charge in [-0.15, -0.1) is 0 Å². The van der Waals surface area contributed by atoms with Crippen LogP contribution in [0, 0.1) is 6.92 Å². The quantitative estimate of drug-likeness (QED) is 0.663. The van der Waals surface area contributed by atoms with Crippen molar-refractivity contribution in [2.75, 3.05) is 18.4 Å². The van der Waals surface area contributed by atoms with Crippen molar-refractivity contribution in [1.29, 1.82) is 0 Å². The highest BCUT2D eigenvalue weighted by Crippen LogP contribution is 2.24. The minimum absolute atomic E-state index is 0.0684. The van der Waals surface area contributed by atoms with Crippen LogP contribution in [0.5, 0.6) is 0 Å². The van der Waals surface area contributed by atoms with Crippen molar-refractivity contribution < 1.29 is 14.7 Å². The van der Waals surface area contributed by atoms with E-state index in [1.54, 1.807) is 6.92 Å². The Morgan fingerprint density at radius 1 is 1.47 bits per heavy atom. The molecule has 0 unspecified atom stereocenters. The standard InChI is InChI=1S/C10H15N3O3S/c1-3-4-11-5-7(14)12-9-8(10(15)16)6(2)13-17-9/h11H,3-5H2,1-2H3,(H,12,14)(H,15,16). The minimum Gasteiger partial charge on any atom is -0.478 e. The van der Waals surface area contributed by atoms with Crippen LogP contribution in [0.4, 0.5) is 5.00 Å². The van der Waals surface area contributed by atoms with Gasteiger partial charge in [-0.05, 0) is 31.4 Å². The fourth-order valence-electron chi connectivity index (χ4n) is 1.26. The molecule has 0 saturated heterocycles. The van der Waals surface area contributed by atoms with Crippen LogP contribution in [0.25, 0.3) is 0 Å². The zero-order chi connectivity index (χ0) is 12.8. The van der Waals surface area contributed by atoms with Gasteiger partial charge < -0.3 is 15.7 Å². The Kier molecular flexibility index (Phi) is 5.05. The van der Waals surface area contributed by atoms with Gasteiger partial charge in [0.2, 0.25) is 5.91 Å². The lowest BCUT2D eigenvalue weighted by molar-refractivity contribution is -0.115. The average molecular weight is 257 g/mol. The van der Waals surface area contributed by atoms with Gasteiger partial charge in [-0.25, -0.2) is 4.79 Å². The molecule has 0 radical (unpaired) electrons. The second kappa shape index (κ2) is 6.31. The number of nitrogens with zero attached hydrogens (tertiary/aromatic N) is 1. The first-order valence-corrected chi connectivity index (χ1v) is 6.03. The lowest BCUT2D eigenvalue weighted by Crippen LogP contribution is -2.28. The van der Waals surface area contributed by atoms with Gasteiger partial charge in [-0.3, -0.25) is 4.79 Å². The summed E-state index contributed by atoms with van der Waals surface area (Å²) < 4.78 is 3.91. The van der Waals surface area contributed by atoms with Crippen LogP contribution in [0.15, 0.2) is 0 Å². The van der Waals surface area contributed by atoms with E-state index in [-0.39, 0.29) is 18.0 Å². The molecule has 1 heterocycles. The summed E-state index contributed by atoms with van der Waals surface area (Å²) in [5.74, 6) is -1.34. The monoisotopic (exact) mass is 257 g/mol. The summed E-state index contributed by atoms with van der Waals surface area (Å²) in [5, 5.41) is 14.7. The van der Waals surface area contributed by atoms with Gasteiger partial charge in [0.1, 0.15) is 10.6 Å². The number of aryl methyl sites for hydroxylation is 1. The lowest BCUT2D eigenvalue weighted by atomic mass is 10.2. The molecule has 0 aliphatic rings. The number of carboxylic acids is 1. The zero-order valence-electron chi connectivity index (χ0n) is 9.74. The van der Waals surface area contributed by atoms with Gasteiger partial charge in [0.25, 0.3) is 0 Å². The highest BCUT2D eigenvalue weighted by molar-refractivity contribution is 7.11. The van der Waals surface area contributed by atoms with E-state index in [2.05, 4.69) is 15.0 Å². The highest BCUT2D eigenvalue weighted by Gasteiger charge is 2.18.